The lowest BCUT2D eigenvalue weighted by Gasteiger charge is -2.23. The molecule has 0 spiro atoms. The van der Waals surface area contributed by atoms with Crippen molar-refractivity contribution in [3.63, 3.8) is 0 Å². The largest absolute Gasteiger partial charge is 0.497 e. The van der Waals surface area contributed by atoms with Gasteiger partial charge < -0.3 is 9.30 Å². The Hall–Kier alpha value is -3.57. The minimum Gasteiger partial charge on any atom is -0.497 e. The van der Waals surface area contributed by atoms with E-state index < -0.39 is 0 Å². The van der Waals surface area contributed by atoms with Crippen molar-refractivity contribution in [2.24, 2.45) is 5.84 Å². The van der Waals surface area contributed by atoms with E-state index in [0.29, 0.717) is 0 Å². The van der Waals surface area contributed by atoms with Gasteiger partial charge in [0.2, 0.25) is 5.91 Å². The lowest BCUT2D eigenvalue weighted by atomic mass is 9.98. The molecule has 0 saturated heterocycles. The highest BCUT2D eigenvalue weighted by atomic mass is 16.5. The topological polar surface area (TPSA) is 69.3 Å². The first-order chi connectivity index (χ1) is 14.6. The van der Waals surface area contributed by atoms with E-state index in [1.165, 1.54) is 11.1 Å². The van der Waals surface area contributed by atoms with Crippen molar-refractivity contribution < 1.29 is 9.53 Å². The Kier molecular flexibility index (Phi) is 5.55. The molecule has 152 valence electrons. The van der Waals surface area contributed by atoms with Crippen LogP contribution in [-0.4, -0.2) is 17.6 Å². The van der Waals surface area contributed by atoms with Crippen LogP contribution in [0.2, 0.25) is 0 Å². The highest BCUT2D eigenvalue weighted by molar-refractivity contribution is 5.91. The second-order valence-corrected chi connectivity index (χ2v) is 7.29. The van der Waals surface area contributed by atoms with E-state index >= 15 is 0 Å². The number of rotatable bonds is 6. The van der Waals surface area contributed by atoms with Crippen LogP contribution in [0.1, 0.15) is 28.4 Å². The van der Waals surface area contributed by atoms with Gasteiger partial charge in [0.05, 0.1) is 19.6 Å². The highest BCUT2D eigenvalue weighted by Gasteiger charge is 2.24. The van der Waals surface area contributed by atoms with Crippen LogP contribution in [0.5, 0.6) is 5.75 Å². The molecule has 4 aromatic rings. The summed E-state index contributed by atoms with van der Waals surface area (Å²) >= 11 is 0. The van der Waals surface area contributed by atoms with Crippen LogP contribution >= 0.6 is 0 Å². The van der Waals surface area contributed by atoms with Crippen LogP contribution in [0.4, 0.5) is 0 Å². The molecule has 4 rings (SSSR count). The first kappa shape index (κ1) is 19.7. The van der Waals surface area contributed by atoms with Crippen LogP contribution in [0.25, 0.3) is 10.9 Å². The van der Waals surface area contributed by atoms with Crippen molar-refractivity contribution >= 4 is 16.8 Å². The summed E-state index contributed by atoms with van der Waals surface area (Å²) in [6, 6.07) is 26.8. The molecule has 0 unspecified atom stereocenters. The molecule has 0 aliphatic rings. The summed E-state index contributed by atoms with van der Waals surface area (Å²) in [7, 11) is 1.65. The van der Waals surface area contributed by atoms with Crippen molar-refractivity contribution in [2.75, 3.05) is 7.11 Å². The van der Waals surface area contributed by atoms with Gasteiger partial charge in [-0.2, -0.15) is 0 Å². The Morgan fingerprint density at radius 2 is 1.60 bits per heavy atom. The molecule has 5 nitrogen and oxygen atoms in total. The Morgan fingerprint density at radius 3 is 2.13 bits per heavy atom. The predicted octanol–water partition coefficient (Wildman–Crippen LogP) is 4.13. The van der Waals surface area contributed by atoms with Crippen molar-refractivity contribution in [3.8, 4) is 5.75 Å². The van der Waals surface area contributed by atoms with Crippen molar-refractivity contribution in [2.45, 2.75) is 19.4 Å². The number of nitrogens with zero attached hydrogens (tertiary/aromatic N) is 1. The van der Waals surface area contributed by atoms with E-state index in [9.17, 15) is 4.79 Å². The van der Waals surface area contributed by atoms with Gasteiger partial charge >= 0.3 is 0 Å². The quantitative estimate of drug-likeness (QED) is 0.291. The fraction of sp³-hybridized carbons (Fsp3) is 0.160. The molecule has 0 aliphatic heterocycles. The first-order valence-corrected chi connectivity index (χ1v) is 9.90. The molecule has 30 heavy (non-hydrogen) atoms. The van der Waals surface area contributed by atoms with Crippen molar-refractivity contribution in [1.29, 1.82) is 0 Å². The number of aromatic nitrogens is 1. The third-order valence-electron chi connectivity index (χ3n) is 5.57. The molecule has 0 saturated carbocycles. The van der Waals surface area contributed by atoms with Gasteiger partial charge in [0.15, 0.2) is 0 Å². The smallest absolute Gasteiger partial charge is 0.238 e. The Labute approximate surface area is 176 Å². The zero-order valence-electron chi connectivity index (χ0n) is 17.1. The molecule has 1 heterocycles. The molecule has 5 heteroatoms. The van der Waals surface area contributed by atoms with E-state index in [-0.39, 0.29) is 18.4 Å². The number of carbonyl (C=O) groups excluding carboxylic acids is 1. The molecular weight excluding hydrogens is 374 g/mol. The third kappa shape index (κ3) is 3.55. The van der Waals surface area contributed by atoms with Gasteiger partial charge in [-0.15, -0.1) is 0 Å². The molecule has 0 bridgehead atoms. The predicted molar refractivity (Wildman–Crippen MR) is 119 cm³/mol. The number of hydrazine groups is 1. The zero-order valence-corrected chi connectivity index (χ0v) is 17.1. The molecule has 0 atom stereocenters. The number of nitrogens with one attached hydrogen (secondary N) is 1. The maximum absolute atomic E-state index is 12.2. The van der Waals surface area contributed by atoms with Crippen molar-refractivity contribution in [1.82, 2.24) is 9.99 Å². The summed E-state index contributed by atoms with van der Waals surface area (Å²) in [4.78, 5) is 12.2. The number of carbonyl (C=O) groups is 1. The summed E-state index contributed by atoms with van der Waals surface area (Å²) < 4.78 is 7.76. The number of amides is 1. The van der Waals surface area contributed by atoms with Gasteiger partial charge in [0, 0.05) is 16.6 Å². The number of hydrogen-bond donors (Lipinski definition) is 2. The standard InChI is InChI=1S/C25H25N3O2/c1-17-21(16-24(29)27-26)22-15-20(30-2)13-14-23(22)28(17)25(18-9-5-3-6-10-18)19-11-7-4-8-12-19/h3-15,25H,16,26H2,1-2H3,(H,27,29). The number of ether oxygens (including phenoxy) is 1. The Morgan fingerprint density at radius 1 is 1.00 bits per heavy atom. The number of hydrogen-bond acceptors (Lipinski definition) is 3. The minimum absolute atomic E-state index is 0.0296. The first-order valence-electron chi connectivity index (χ1n) is 9.90. The van der Waals surface area contributed by atoms with Crippen LogP contribution < -0.4 is 16.0 Å². The Bertz CT molecular complexity index is 1130. The summed E-state index contributed by atoms with van der Waals surface area (Å²) in [6.07, 6.45) is 0.204. The van der Waals surface area contributed by atoms with Gasteiger partial charge in [-0.1, -0.05) is 60.7 Å². The normalized spacial score (nSPS) is 11.1. The number of fused-ring (bicyclic) bond motifs is 1. The molecule has 1 aromatic heterocycles. The van der Waals surface area contributed by atoms with E-state index in [4.69, 9.17) is 10.6 Å². The molecular formula is C25H25N3O2. The number of benzene rings is 3. The van der Waals surface area contributed by atoms with E-state index in [1.54, 1.807) is 7.11 Å². The molecule has 0 aliphatic carbocycles. The molecule has 0 fully saturated rings. The highest BCUT2D eigenvalue weighted by Crippen LogP contribution is 2.37. The minimum atomic E-state index is -0.226. The zero-order chi connectivity index (χ0) is 21.1. The number of methoxy groups -OCH3 is 1. The summed E-state index contributed by atoms with van der Waals surface area (Å²) in [5.41, 5.74) is 7.63. The van der Waals surface area contributed by atoms with Gasteiger partial charge in [0.1, 0.15) is 5.75 Å². The lowest BCUT2D eigenvalue weighted by Crippen LogP contribution is -2.31. The molecule has 3 N–H and O–H groups in total. The number of nitrogens with two attached hydrogens (primary N) is 1. The summed E-state index contributed by atoms with van der Waals surface area (Å²) in [5.74, 6) is 5.92. The Balaban J connectivity index is 2.02. The van der Waals surface area contributed by atoms with Crippen LogP contribution in [-0.2, 0) is 11.2 Å². The van der Waals surface area contributed by atoms with E-state index in [0.717, 1.165) is 27.9 Å². The average Bonchev–Trinajstić information content (AvgIpc) is 3.06. The van der Waals surface area contributed by atoms with Crippen LogP contribution in [0.15, 0.2) is 78.9 Å². The summed E-state index contributed by atoms with van der Waals surface area (Å²) in [5, 5.41) is 0.993. The molecule has 1 amide bonds. The maximum atomic E-state index is 12.2. The fourth-order valence-corrected chi connectivity index (χ4v) is 4.14. The summed E-state index contributed by atoms with van der Waals surface area (Å²) in [6.45, 7) is 2.06. The van der Waals surface area contributed by atoms with Gasteiger partial charge in [-0.3, -0.25) is 10.2 Å². The molecule has 0 radical (unpaired) electrons. The maximum Gasteiger partial charge on any atom is 0.238 e. The van der Waals surface area contributed by atoms with Crippen LogP contribution in [0, 0.1) is 6.92 Å². The average molecular weight is 399 g/mol. The van der Waals surface area contributed by atoms with E-state index in [2.05, 4.69) is 71.5 Å². The SMILES string of the molecule is COc1ccc2c(c1)c(CC(=O)NN)c(C)n2C(c1ccccc1)c1ccccc1. The fourth-order valence-electron chi connectivity index (χ4n) is 4.14. The lowest BCUT2D eigenvalue weighted by molar-refractivity contribution is -0.120. The monoisotopic (exact) mass is 399 g/mol. The molecule has 3 aromatic carbocycles. The second-order valence-electron chi connectivity index (χ2n) is 7.29. The third-order valence-corrected chi connectivity index (χ3v) is 5.57. The van der Waals surface area contributed by atoms with Gasteiger partial charge in [-0.25, -0.2) is 5.84 Å². The van der Waals surface area contributed by atoms with Crippen molar-refractivity contribution in [3.05, 3.63) is 101 Å². The second kappa shape index (κ2) is 8.43. The van der Waals surface area contributed by atoms with E-state index in [1.807, 2.05) is 24.3 Å². The van der Waals surface area contributed by atoms with Gasteiger partial charge in [-0.05, 0) is 41.8 Å². The van der Waals surface area contributed by atoms with Crippen LogP contribution in [0.3, 0.4) is 0 Å². The van der Waals surface area contributed by atoms with Gasteiger partial charge in [0.25, 0.3) is 0 Å².